The van der Waals surface area contributed by atoms with Gasteiger partial charge in [0.1, 0.15) is 5.78 Å². The zero-order valence-electron chi connectivity index (χ0n) is 9.71. The summed E-state index contributed by atoms with van der Waals surface area (Å²) in [4.78, 5) is 11.7. The molecular weight excluding hydrogens is 190 g/mol. The quantitative estimate of drug-likeness (QED) is 0.702. The van der Waals surface area contributed by atoms with Crippen LogP contribution in [0.5, 0.6) is 0 Å². The van der Waals surface area contributed by atoms with Gasteiger partial charge in [0, 0.05) is 18.9 Å². The second kappa shape index (κ2) is 6.96. The summed E-state index contributed by atoms with van der Waals surface area (Å²) in [6.45, 7) is 3.57. The number of ether oxygens (including phenoxy) is 1. The number of hydrogen-bond donors (Lipinski definition) is 1. The van der Waals surface area contributed by atoms with Gasteiger partial charge in [0.05, 0.1) is 6.10 Å². The highest BCUT2D eigenvalue weighted by Gasteiger charge is 2.18. The summed E-state index contributed by atoms with van der Waals surface area (Å²) in [6.07, 6.45) is 6.10. The second-order valence-corrected chi connectivity index (χ2v) is 4.47. The molecule has 0 amide bonds. The Balaban J connectivity index is 2.11. The third-order valence-electron chi connectivity index (χ3n) is 3.13. The van der Waals surface area contributed by atoms with E-state index in [1.54, 1.807) is 0 Å². The Bertz CT molecular complexity index is 188. The molecule has 2 unspecified atom stereocenters. The lowest BCUT2D eigenvalue weighted by Gasteiger charge is -2.12. The van der Waals surface area contributed by atoms with Crippen molar-refractivity contribution in [2.24, 2.45) is 11.7 Å². The van der Waals surface area contributed by atoms with Crippen LogP contribution in [-0.4, -0.2) is 25.0 Å². The molecule has 1 fully saturated rings. The van der Waals surface area contributed by atoms with Crippen molar-refractivity contribution in [1.82, 2.24) is 0 Å². The minimum Gasteiger partial charge on any atom is -0.378 e. The number of carbonyl (C=O) groups is 1. The molecule has 1 heterocycles. The Labute approximate surface area is 92.4 Å². The first-order valence-corrected chi connectivity index (χ1v) is 6.08. The summed E-state index contributed by atoms with van der Waals surface area (Å²) in [5.74, 6) is 0.550. The van der Waals surface area contributed by atoms with Gasteiger partial charge in [0.2, 0.25) is 0 Å². The van der Waals surface area contributed by atoms with Gasteiger partial charge in [-0.1, -0.05) is 6.92 Å². The number of nitrogens with two attached hydrogens (primary N) is 1. The smallest absolute Gasteiger partial charge is 0.135 e. The van der Waals surface area contributed by atoms with Gasteiger partial charge >= 0.3 is 0 Å². The molecule has 0 saturated carbocycles. The van der Waals surface area contributed by atoms with Crippen molar-refractivity contribution >= 4 is 5.78 Å². The van der Waals surface area contributed by atoms with Crippen LogP contribution in [0, 0.1) is 5.92 Å². The molecule has 1 rings (SSSR count). The highest BCUT2D eigenvalue weighted by atomic mass is 16.5. The van der Waals surface area contributed by atoms with Crippen LogP contribution in [0.1, 0.15) is 45.4 Å². The Morgan fingerprint density at radius 2 is 2.40 bits per heavy atom. The van der Waals surface area contributed by atoms with Crippen LogP contribution in [0.25, 0.3) is 0 Å². The lowest BCUT2D eigenvalue weighted by Crippen LogP contribution is -2.15. The predicted molar refractivity (Wildman–Crippen MR) is 60.7 cm³/mol. The van der Waals surface area contributed by atoms with Crippen LogP contribution in [0.15, 0.2) is 0 Å². The summed E-state index contributed by atoms with van der Waals surface area (Å²) in [5.41, 5.74) is 5.42. The average Bonchev–Trinajstić information content (AvgIpc) is 2.75. The maximum Gasteiger partial charge on any atom is 0.135 e. The van der Waals surface area contributed by atoms with E-state index in [-0.39, 0.29) is 5.92 Å². The van der Waals surface area contributed by atoms with Crippen LogP contribution in [0.2, 0.25) is 0 Å². The van der Waals surface area contributed by atoms with Gasteiger partial charge in [-0.25, -0.2) is 0 Å². The first-order valence-electron chi connectivity index (χ1n) is 6.08. The largest absolute Gasteiger partial charge is 0.378 e. The molecule has 0 radical (unpaired) electrons. The second-order valence-electron chi connectivity index (χ2n) is 4.47. The predicted octanol–water partition coefficient (Wildman–Crippen LogP) is 1.89. The first kappa shape index (κ1) is 12.7. The molecule has 1 aliphatic heterocycles. The van der Waals surface area contributed by atoms with Gasteiger partial charge in [-0.2, -0.15) is 0 Å². The summed E-state index contributed by atoms with van der Waals surface area (Å²) in [5, 5.41) is 0. The molecule has 15 heavy (non-hydrogen) atoms. The van der Waals surface area contributed by atoms with E-state index < -0.39 is 0 Å². The van der Waals surface area contributed by atoms with Crippen molar-refractivity contribution < 1.29 is 9.53 Å². The van der Waals surface area contributed by atoms with E-state index in [9.17, 15) is 4.79 Å². The number of hydrogen-bond acceptors (Lipinski definition) is 3. The van der Waals surface area contributed by atoms with Gasteiger partial charge in [-0.3, -0.25) is 4.79 Å². The van der Waals surface area contributed by atoms with Crippen LogP contribution in [0.4, 0.5) is 0 Å². The fraction of sp³-hybridized carbons (Fsp3) is 0.917. The van der Waals surface area contributed by atoms with Crippen molar-refractivity contribution in [3.63, 3.8) is 0 Å². The Morgan fingerprint density at radius 3 is 3.00 bits per heavy atom. The van der Waals surface area contributed by atoms with Crippen molar-refractivity contribution in [1.29, 1.82) is 0 Å². The molecule has 88 valence electrons. The molecule has 2 N–H and O–H groups in total. The summed E-state index contributed by atoms with van der Waals surface area (Å²) < 4.78 is 5.49. The Morgan fingerprint density at radius 1 is 1.60 bits per heavy atom. The van der Waals surface area contributed by atoms with E-state index in [1.807, 2.05) is 6.92 Å². The minimum atomic E-state index is 0.176. The van der Waals surface area contributed by atoms with E-state index in [0.717, 1.165) is 38.7 Å². The highest BCUT2D eigenvalue weighted by Crippen LogP contribution is 2.19. The maximum absolute atomic E-state index is 11.7. The molecule has 0 aromatic carbocycles. The molecule has 0 bridgehead atoms. The van der Waals surface area contributed by atoms with Crippen molar-refractivity contribution in [2.45, 2.75) is 51.6 Å². The fourth-order valence-electron chi connectivity index (χ4n) is 2.01. The Hall–Kier alpha value is -0.410. The van der Waals surface area contributed by atoms with Gasteiger partial charge < -0.3 is 10.5 Å². The molecule has 3 nitrogen and oxygen atoms in total. The summed E-state index contributed by atoms with van der Waals surface area (Å²) in [7, 11) is 0. The lowest BCUT2D eigenvalue weighted by atomic mass is 9.96. The van der Waals surface area contributed by atoms with Crippen molar-refractivity contribution in [2.75, 3.05) is 13.2 Å². The molecular formula is C12H23NO2. The number of ketones is 1. The van der Waals surface area contributed by atoms with E-state index in [0.29, 0.717) is 24.9 Å². The SMILES string of the molecule is CC(CCCN)C(=O)CCC1CCCO1. The molecule has 2 atom stereocenters. The van der Waals surface area contributed by atoms with Crippen LogP contribution >= 0.6 is 0 Å². The maximum atomic E-state index is 11.7. The Kier molecular flexibility index (Phi) is 5.88. The molecule has 1 aliphatic rings. The number of rotatable bonds is 7. The molecule has 3 heteroatoms. The number of carbonyl (C=O) groups excluding carboxylic acids is 1. The molecule has 0 aromatic rings. The van der Waals surface area contributed by atoms with E-state index >= 15 is 0 Å². The zero-order chi connectivity index (χ0) is 11.1. The molecule has 0 aromatic heterocycles. The number of Topliss-reactive ketones (excluding diaryl/α,β-unsaturated/α-hetero) is 1. The van der Waals surface area contributed by atoms with Gasteiger partial charge in [0.25, 0.3) is 0 Å². The zero-order valence-corrected chi connectivity index (χ0v) is 9.71. The third kappa shape index (κ3) is 4.76. The molecule has 1 saturated heterocycles. The topological polar surface area (TPSA) is 52.3 Å². The van der Waals surface area contributed by atoms with Crippen molar-refractivity contribution in [3.8, 4) is 0 Å². The molecule has 0 aliphatic carbocycles. The van der Waals surface area contributed by atoms with Crippen LogP contribution < -0.4 is 5.73 Å². The van der Waals surface area contributed by atoms with Gasteiger partial charge in [-0.15, -0.1) is 0 Å². The summed E-state index contributed by atoms with van der Waals surface area (Å²) in [6, 6.07) is 0. The van der Waals surface area contributed by atoms with Gasteiger partial charge in [0.15, 0.2) is 0 Å². The van der Waals surface area contributed by atoms with Gasteiger partial charge in [-0.05, 0) is 38.6 Å². The standard InChI is InChI=1S/C12H23NO2/c1-10(4-2-8-13)12(14)7-6-11-5-3-9-15-11/h10-11H,2-9,13H2,1H3. The van der Waals surface area contributed by atoms with Crippen LogP contribution in [-0.2, 0) is 9.53 Å². The summed E-state index contributed by atoms with van der Waals surface area (Å²) >= 11 is 0. The van der Waals surface area contributed by atoms with Crippen LogP contribution in [0.3, 0.4) is 0 Å². The monoisotopic (exact) mass is 213 g/mol. The fourth-order valence-corrected chi connectivity index (χ4v) is 2.01. The highest BCUT2D eigenvalue weighted by molar-refractivity contribution is 5.80. The lowest BCUT2D eigenvalue weighted by molar-refractivity contribution is -0.123. The van der Waals surface area contributed by atoms with E-state index in [1.165, 1.54) is 0 Å². The van der Waals surface area contributed by atoms with E-state index in [4.69, 9.17) is 10.5 Å². The third-order valence-corrected chi connectivity index (χ3v) is 3.13. The molecule has 0 spiro atoms. The first-order chi connectivity index (χ1) is 7.24. The van der Waals surface area contributed by atoms with Crippen molar-refractivity contribution in [3.05, 3.63) is 0 Å². The minimum absolute atomic E-state index is 0.176. The van der Waals surface area contributed by atoms with E-state index in [2.05, 4.69) is 0 Å². The average molecular weight is 213 g/mol. The normalized spacial score (nSPS) is 22.9.